The van der Waals surface area contributed by atoms with E-state index in [0.717, 1.165) is 5.56 Å². The summed E-state index contributed by atoms with van der Waals surface area (Å²) in [6, 6.07) is 7.07. The average Bonchev–Trinajstić information content (AvgIpc) is 2.45. The first-order chi connectivity index (χ1) is 10.4. The number of nitrogens with one attached hydrogen (secondary N) is 1. The van der Waals surface area contributed by atoms with Crippen LogP contribution in [0.4, 0.5) is 0 Å². The van der Waals surface area contributed by atoms with E-state index in [1.807, 2.05) is 0 Å². The number of methoxy groups -OCH3 is 1. The molecule has 1 aromatic carbocycles. The van der Waals surface area contributed by atoms with Crippen molar-refractivity contribution in [1.82, 2.24) is 5.32 Å². The Hall–Kier alpha value is -2.67. The molecule has 2 amide bonds. The summed E-state index contributed by atoms with van der Waals surface area (Å²) in [5, 5.41) is 2.41. The van der Waals surface area contributed by atoms with Crippen LogP contribution in [0.5, 0.6) is 0 Å². The van der Waals surface area contributed by atoms with Crippen LogP contribution >= 0.6 is 0 Å². The highest BCUT2D eigenvalue weighted by Gasteiger charge is 2.11. The van der Waals surface area contributed by atoms with Crippen LogP contribution in [0.25, 0.3) is 6.08 Å². The van der Waals surface area contributed by atoms with Gasteiger partial charge < -0.3 is 20.5 Å². The van der Waals surface area contributed by atoms with Crippen LogP contribution in [0, 0.1) is 0 Å². The highest BCUT2D eigenvalue weighted by molar-refractivity contribution is 5.97. The number of ether oxygens (including phenoxy) is 2. The molecule has 0 aromatic heterocycles. The first-order valence-corrected chi connectivity index (χ1v) is 6.45. The zero-order valence-corrected chi connectivity index (χ0v) is 12.4. The Morgan fingerprint density at radius 2 is 2.05 bits per heavy atom. The van der Waals surface area contributed by atoms with Gasteiger partial charge in [-0.25, -0.2) is 4.79 Å². The van der Waals surface area contributed by atoms with Crippen molar-refractivity contribution in [2.75, 3.05) is 13.7 Å². The van der Waals surface area contributed by atoms with Gasteiger partial charge in [0.25, 0.3) is 0 Å². The summed E-state index contributed by atoms with van der Waals surface area (Å²) >= 11 is 0. The van der Waals surface area contributed by atoms with E-state index in [2.05, 4.69) is 10.1 Å². The van der Waals surface area contributed by atoms with E-state index in [0.29, 0.717) is 5.56 Å². The highest BCUT2D eigenvalue weighted by Crippen LogP contribution is 2.11. The molecule has 0 aliphatic heterocycles. The molecule has 1 rings (SSSR count). The zero-order valence-electron chi connectivity index (χ0n) is 12.4. The summed E-state index contributed by atoms with van der Waals surface area (Å²) < 4.78 is 9.73. The minimum Gasteiger partial charge on any atom is -0.464 e. The second-order valence-corrected chi connectivity index (χ2v) is 4.43. The van der Waals surface area contributed by atoms with E-state index in [1.54, 1.807) is 24.3 Å². The molecule has 7 nitrogen and oxygen atoms in total. The molecule has 0 bridgehead atoms. The van der Waals surface area contributed by atoms with Gasteiger partial charge in [0.1, 0.15) is 12.3 Å². The molecule has 3 N–H and O–H groups in total. The SMILES string of the molecule is COC(=O)/C(=C\c1cccc(COCC(N)=O)c1)NC(C)=O. The Kier molecular flexibility index (Phi) is 6.78. The number of benzene rings is 1. The molecule has 0 aliphatic carbocycles. The lowest BCUT2D eigenvalue weighted by Gasteiger charge is -2.07. The van der Waals surface area contributed by atoms with E-state index >= 15 is 0 Å². The van der Waals surface area contributed by atoms with Gasteiger partial charge in [-0.05, 0) is 23.3 Å². The van der Waals surface area contributed by atoms with Crippen LogP contribution < -0.4 is 11.1 Å². The first kappa shape index (κ1) is 17.4. The molecule has 0 heterocycles. The van der Waals surface area contributed by atoms with Gasteiger partial charge in [-0.1, -0.05) is 18.2 Å². The van der Waals surface area contributed by atoms with Gasteiger partial charge in [-0.15, -0.1) is 0 Å². The molecule has 0 atom stereocenters. The number of esters is 1. The molecule has 0 spiro atoms. The van der Waals surface area contributed by atoms with Crippen molar-refractivity contribution in [3.05, 3.63) is 41.1 Å². The minimum absolute atomic E-state index is 0.0326. The van der Waals surface area contributed by atoms with E-state index in [1.165, 1.54) is 20.1 Å². The Labute approximate surface area is 128 Å². The number of primary amides is 1. The third kappa shape index (κ3) is 6.19. The van der Waals surface area contributed by atoms with E-state index < -0.39 is 11.9 Å². The Morgan fingerprint density at radius 3 is 2.64 bits per heavy atom. The fraction of sp³-hybridized carbons (Fsp3) is 0.267. The molecule has 0 saturated carbocycles. The molecule has 0 aliphatic rings. The number of carbonyl (C=O) groups is 3. The van der Waals surface area contributed by atoms with E-state index in [-0.39, 0.29) is 24.8 Å². The van der Waals surface area contributed by atoms with Crippen LogP contribution in [-0.2, 0) is 30.5 Å². The van der Waals surface area contributed by atoms with Crippen molar-refractivity contribution < 1.29 is 23.9 Å². The van der Waals surface area contributed by atoms with Crippen molar-refractivity contribution in [3.63, 3.8) is 0 Å². The molecule has 0 fully saturated rings. The van der Waals surface area contributed by atoms with Gasteiger partial charge in [0, 0.05) is 6.92 Å². The van der Waals surface area contributed by atoms with Crippen molar-refractivity contribution in [2.45, 2.75) is 13.5 Å². The van der Waals surface area contributed by atoms with E-state index in [4.69, 9.17) is 10.5 Å². The fourth-order valence-electron chi connectivity index (χ4n) is 1.65. The standard InChI is InChI=1S/C15H18N2O5/c1-10(18)17-13(15(20)21-2)7-11-4-3-5-12(6-11)8-22-9-14(16)19/h3-7H,8-9H2,1-2H3,(H2,16,19)(H,17,18)/b13-7+. The minimum atomic E-state index is -0.648. The van der Waals surface area contributed by atoms with Gasteiger partial charge in [0.05, 0.1) is 13.7 Å². The van der Waals surface area contributed by atoms with E-state index in [9.17, 15) is 14.4 Å². The summed E-state index contributed by atoms with van der Waals surface area (Å²) in [6.45, 7) is 1.34. The van der Waals surface area contributed by atoms with Crippen molar-refractivity contribution in [1.29, 1.82) is 0 Å². The first-order valence-electron chi connectivity index (χ1n) is 6.45. The predicted molar refractivity (Wildman–Crippen MR) is 79.1 cm³/mol. The molecule has 118 valence electrons. The summed E-state index contributed by atoms with van der Waals surface area (Å²) in [5.41, 5.74) is 6.48. The number of hydrogen-bond donors (Lipinski definition) is 2. The Morgan fingerprint density at radius 1 is 1.32 bits per heavy atom. The van der Waals surface area contributed by atoms with Crippen LogP contribution in [0.2, 0.25) is 0 Å². The normalized spacial score (nSPS) is 10.9. The summed E-state index contributed by atoms with van der Waals surface area (Å²) in [4.78, 5) is 33.3. The second-order valence-electron chi connectivity index (χ2n) is 4.43. The van der Waals surface area contributed by atoms with Gasteiger partial charge in [0.2, 0.25) is 11.8 Å². The smallest absolute Gasteiger partial charge is 0.354 e. The molecule has 0 unspecified atom stereocenters. The topological polar surface area (TPSA) is 108 Å². The Balaban J connectivity index is 2.89. The van der Waals surface area contributed by atoms with Crippen LogP contribution in [-0.4, -0.2) is 31.5 Å². The van der Waals surface area contributed by atoms with Gasteiger partial charge in [0.15, 0.2) is 0 Å². The van der Waals surface area contributed by atoms with Crippen molar-refractivity contribution in [2.24, 2.45) is 5.73 Å². The monoisotopic (exact) mass is 306 g/mol. The van der Waals surface area contributed by atoms with Gasteiger partial charge >= 0.3 is 5.97 Å². The summed E-state index contributed by atoms with van der Waals surface area (Å²) in [6.07, 6.45) is 1.49. The average molecular weight is 306 g/mol. The molecule has 1 aromatic rings. The summed E-state index contributed by atoms with van der Waals surface area (Å²) in [5.74, 6) is -1.57. The molecule has 22 heavy (non-hydrogen) atoms. The van der Waals surface area contributed by atoms with Gasteiger partial charge in [-0.2, -0.15) is 0 Å². The fourth-order valence-corrected chi connectivity index (χ4v) is 1.65. The number of amides is 2. The summed E-state index contributed by atoms with van der Waals surface area (Å²) in [7, 11) is 1.23. The number of rotatable bonds is 7. The maximum atomic E-state index is 11.6. The lowest BCUT2D eigenvalue weighted by atomic mass is 10.1. The maximum Gasteiger partial charge on any atom is 0.354 e. The molecule has 0 radical (unpaired) electrons. The molecule has 0 saturated heterocycles. The van der Waals surface area contributed by atoms with Crippen molar-refractivity contribution >= 4 is 23.9 Å². The number of nitrogens with two attached hydrogens (primary N) is 1. The van der Waals surface area contributed by atoms with Gasteiger partial charge in [-0.3, -0.25) is 9.59 Å². The second kappa shape index (κ2) is 8.58. The van der Waals surface area contributed by atoms with Crippen LogP contribution in [0.1, 0.15) is 18.1 Å². The molecule has 7 heteroatoms. The predicted octanol–water partition coefficient (Wildman–Crippen LogP) is 0.338. The van der Waals surface area contributed by atoms with Crippen molar-refractivity contribution in [3.8, 4) is 0 Å². The van der Waals surface area contributed by atoms with Crippen LogP contribution in [0.15, 0.2) is 30.0 Å². The maximum absolute atomic E-state index is 11.6. The third-order valence-corrected chi connectivity index (χ3v) is 2.49. The largest absolute Gasteiger partial charge is 0.464 e. The van der Waals surface area contributed by atoms with Crippen LogP contribution in [0.3, 0.4) is 0 Å². The molecular weight excluding hydrogens is 288 g/mol. The third-order valence-electron chi connectivity index (χ3n) is 2.49. The lowest BCUT2D eigenvalue weighted by Crippen LogP contribution is -2.25. The molecular formula is C15H18N2O5. The quantitative estimate of drug-likeness (QED) is 0.558. The lowest BCUT2D eigenvalue weighted by molar-refractivity contribution is -0.137. The highest BCUT2D eigenvalue weighted by atomic mass is 16.5. The number of carbonyl (C=O) groups excluding carboxylic acids is 3. The number of hydrogen-bond acceptors (Lipinski definition) is 5. The Bertz CT molecular complexity index is 595. The zero-order chi connectivity index (χ0) is 16.5.